The molecule has 0 radical (unpaired) electrons. The molecule has 0 atom stereocenters. The molecule has 1 aromatic heterocycles. The van der Waals surface area contributed by atoms with Crippen LogP contribution in [0.1, 0.15) is 29.8 Å². The summed E-state index contributed by atoms with van der Waals surface area (Å²) >= 11 is 6.04. The van der Waals surface area contributed by atoms with Crippen LogP contribution < -0.4 is 9.46 Å². The molecule has 2 aromatic carbocycles. The highest BCUT2D eigenvalue weighted by Gasteiger charge is 2.20. The van der Waals surface area contributed by atoms with E-state index in [1.165, 1.54) is 42.7 Å². The quantitative estimate of drug-likeness (QED) is 0.555. The molecule has 3 rings (SSSR count). The predicted molar refractivity (Wildman–Crippen MR) is 112 cm³/mol. The average Bonchev–Trinajstić information content (AvgIpc) is 2.69. The van der Waals surface area contributed by atoms with Crippen LogP contribution in [-0.4, -0.2) is 25.3 Å². The van der Waals surface area contributed by atoms with Gasteiger partial charge < -0.3 is 4.74 Å². The predicted octanol–water partition coefficient (Wildman–Crippen LogP) is 4.55. The molecule has 1 heterocycles. The standard InChI is InChI=1S/C21H19ClN2O4S/c1-14(2)28-17-4-6-18(7-5-17)29(26,27)24-20-8-3-16(22)13-19(20)21(25)15-9-11-23-12-10-15/h3-14,24H,1-2H3. The van der Waals surface area contributed by atoms with Crippen molar-refractivity contribution in [2.45, 2.75) is 24.8 Å². The summed E-state index contributed by atoms with van der Waals surface area (Å²) in [5.41, 5.74) is 0.656. The van der Waals surface area contributed by atoms with Gasteiger partial charge in [-0.15, -0.1) is 0 Å². The van der Waals surface area contributed by atoms with Gasteiger partial charge in [0.1, 0.15) is 5.75 Å². The van der Waals surface area contributed by atoms with E-state index < -0.39 is 10.0 Å². The summed E-state index contributed by atoms with van der Waals surface area (Å²) in [5.74, 6) is 0.201. The zero-order chi connectivity index (χ0) is 21.0. The van der Waals surface area contributed by atoms with E-state index in [1.807, 2.05) is 13.8 Å². The normalized spacial score (nSPS) is 11.3. The first-order valence-electron chi connectivity index (χ1n) is 8.80. The van der Waals surface area contributed by atoms with E-state index in [1.54, 1.807) is 24.3 Å². The van der Waals surface area contributed by atoms with Crippen LogP contribution in [0.3, 0.4) is 0 Å². The van der Waals surface area contributed by atoms with Crippen molar-refractivity contribution in [3.05, 3.63) is 83.1 Å². The Morgan fingerprint density at radius 2 is 1.69 bits per heavy atom. The van der Waals surface area contributed by atoms with Crippen molar-refractivity contribution in [3.8, 4) is 5.75 Å². The summed E-state index contributed by atoms with van der Waals surface area (Å²) in [6.45, 7) is 3.77. The minimum Gasteiger partial charge on any atom is -0.491 e. The molecular formula is C21H19ClN2O4S. The van der Waals surface area contributed by atoms with Crippen molar-refractivity contribution >= 4 is 33.1 Å². The molecule has 0 saturated heterocycles. The third-order valence-corrected chi connectivity index (χ3v) is 5.54. The van der Waals surface area contributed by atoms with E-state index in [9.17, 15) is 13.2 Å². The number of rotatable bonds is 7. The number of nitrogens with zero attached hydrogens (tertiary/aromatic N) is 1. The Hall–Kier alpha value is -2.90. The van der Waals surface area contributed by atoms with E-state index in [-0.39, 0.29) is 28.0 Å². The number of hydrogen-bond donors (Lipinski definition) is 1. The monoisotopic (exact) mass is 430 g/mol. The van der Waals surface area contributed by atoms with Crippen LogP contribution in [-0.2, 0) is 10.0 Å². The summed E-state index contributed by atoms with van der Waals surface area (Å²) in [7, 11) is -3.92. The Bertz CT molecular complexity index is 1120. The molecule has 1 N–H and O–H groups in total. The van der Waals surface area contributed by atoms with Gasteiger partial charge in [0.25, 0.3) is 10.0 Å². The van der Waals surface area contributed by atoms with Gasteiger partial charge in [-0.25, -0.2) is 8.42 Å². The third-order valence-electron chi connectivity index (χ3n) is 3.92. The van der Waals surface area contributed by atoms with Gasteiger partial charge in [0.15, 0.2) is 5.78 Å². The number of aromatic nitrogens is 1. The highest BCUT2D eigenvalue weighted by Crippen LogP contribution is 2.26. The lowest BCUT2D eigenvalue weighted by molar-refractivity contribution is 0.103. The number of pyridine rings is 1. The second-order valence-electron chi connectivity index (χ2n) is 6.50. The fourth-order valence-electron chi connectivity index (χ4n) is 2.63. The van der Waals surface area contributed by atoms with Gasteiger partial charge in [-0.3, -0.25) is 14.5 Å². The van der Waals surface area contributed by atoms with Crippen LogP contribution in [0, 0.1) is 0 Å². The second-order valence-corrected chi connectivity index (χ2v) is 8.62. The zero-order valence-corrected chi connectivity index (χ0v) is 17.4. The topological polar surface area (TPSA) is 85.4 Å². The number of hydrogen-bond acceptors (Lipinski definition) is 5. The van der Waals surface area contributed by atoms with Crippen molar-refractivity contribution < 1.29 is 17.9 Å². The van der Waals surface area contributed by atoms with Gasteiger partial charge in [0.05, 0.1) is 16.7 Å². The van der Waals surface area contributed by atoms with E-state index in [4.69, 9.17) is 16.3 Å². The average molecular weight is 431 g/mol. The van der Waals surface area contributed by atoms with E-state index >= 15 is 0 Å². The van der Waals surface area contributed by atoms with Crippen LogP contribution in [0.25, 0.3) is 0 Å². The van der Waals surface area contributed by atoms with Crippen molar-refractivity contribution in [1.29, 1.82) is 0 Å². The molecule has 6 nitrogen and oxygen atoms in total. The maximum atomic E-state index is 12.9. The summed E-state index contributed by atoms with van der Waals surface area (Å²) < 4.78 is 33.7. The largest absolute Gasteiger partial charge is 0.491 e. The summed E-state index contributed by atoms with van der Waals surface area (Å²) in [6, 6.07) is 13.6. The van der Waals surface area contributed by atoms with Gasteiger partial charge in [0.2, 0.25) is 0 Å². The Balaban J connectivity index is 1.92. The van der Waals surface area contributed by atoms with Crippen LogP contribution >= 0.6 is 11.6 Å². The third kappa shape index (κ3) is 5.13. The first-order valence-corrected chi connectivity index (χ1v) is 10.7. The van der Waals surface area contributed by atoms with Gasteiger partial charge in [-0.2, -0.15) is 0 Å². The molecule has 29 heavy (non-hydrogen) atoms. The Labute approximate surface area is 174 Å². The lowest BCUT2D eigenvalue weighted by Gasteiger charge is -2.14. The second kappa shape index (κ2) is 8.63. The SMILES string of the molecule is CC(C)Oc1ccc(S(=O)(=O)Nc2ccc(Cl)cc2C(=O)c2ccncc2)cc1. The molecule has 0 spiro atoms. The maximum absolute atomic E-state index is 12.9. The number of sulfonamides is 1. The number of halogens is 1. The smallest absolute Gasteiger partial charge is 0.261 e. The number of anilines is 1. The molecule has 0 fully saturated rings. The molecule has 0 aliphatic rings. The highest BCUT2D eigenvalue weighted by atomic mass is 35.5. The first kappa shape index (κ1) is 20.8. The van der Waals surface area contributed by atoms with E-state index in [2.05, 4.69) is 9.71 Å². The molecule has 0 amide bonds. The molecule has 0 aliphatic heterocycles. The summed E-state index contributed by atoms with van der Waals surface area (Å²) in [4.78, 5) is 16.8. The fraction of sp³-hybridized carbons (Fsp3) is 0.143. The molecule has 0 unspecified atom stereocenters. The highest BCUT2D eigenvalue weighted by molar-refractivity contribution is 7.92. The van der Waals surface area contributed by atoms with Crippen molar-refractivity contribution in [2.75, 3.05) is 4.72 Å². The molecule has 0 aliphatic carbocycles. The Kier molecular flexibility index (Phi) is 6.20. The lowest BCUT2D eigenvalue weighted by Crippen LogP contribution is -2.16. The van der Waals surface area contributed by atoms with Crippen LogP contribution in [0.5, 0.6) is 5.75 Å². The van der Waals surface area contributed by atoms with E-state index in [0.29, 0.717) is 16.3 Å². The van der Waals surface area contributed by atoms with Crippen molar-refractivity contribution in [2.24, 2.45) is 0 Å². The lowest BCUT2D eigenvalue weighted by atomic mass is 10.0. The molecule has 3 aromatic rings. The van der Waals surface area contributed by atoms with Crippen LogP contribution in [0.2, 0.25) is 5.02 Å². The van der Waals surface area contributed by atoms with Gasteiger partial charge >= 0.3 is 0 Å². The number of ether oxygens (including phenoxy) is 1. The Morgan fingerprint density at radius 3 is 2.31 bits per heavy atom. The molecule has 0 bridgehead atoms. The Morgan fingerprint density at radius 1 is 1.03 bits per heavy atom. The fourth-order valence-corrected chi connectivity index (χ4v) is 3.88. The van der Waals surface area contributed by atoms with Gasteiger partial charge in [0, 0.05) is 28.5 Å². The minimum absolute atomic E-state index is 0.0218. The summed E-state index contributed by atoms with van der Waals surface area (Å²) in [5, 5.41) is 0.320. The number of ketones is 1. The number of carbonyl (C=O) groups is 1. The number of carbonyl (C=O) groups excluding carboxylic acids is 1. The summed E-state index contributed by atoms with van der Waals surface area (Å²) in [6.07, 6.45) is 2.96. The zero-order valence-electron chi connectivity index (χ0n) is 15.8. The maximum Gasteiger partial charge on any atom is 0.261 e. The molecular weight excluding hydrogens is 412 g/mol. The van der Waals surface area contributed by atoms with Gasteiger partial charge in [-0.05, 0) is 68.4 Å². The number of benzene rings is 2. The molecule has 150 valence electrons. The molecule has 0 saturated carbocycles. The van der Waals surface area contributed by atoms with E-state index in [0.717, 1.165) is 0 Å². The minimum atomic E-state index is -3.92. The van der Waals surface area contributed by atoms with Crippen molar-refractivity contribution in [3.63, 3.8) is 0 Å². The van der Waals surface area contributed by atoms with Crippen molar-refractivity contribution in [1.82, 2.24) is 4.98 Å². The van der Waals surface area contributed by atoms with Gasteiger partial charge in [-0.1, -0.05) is 11.6 Å². The van der Waals surface area contributed by atoms with Crippen LogP contribution in [0.15, 0.2) is 71.9 Å². The molecule has 8 heteroatoms. The van der Waals surface area contributed by atoms with Crippen LogP contribution in [0.4, 0.5) is 5.69 Å². The number of nitrogens with one attached hydrogen (secondary N) is 1. The first-order chi connectivity index (χ1) is 13.8.